The third-order valence-corrected chi connectivity index (χ3v) is 7.30. The van der Waals surface area contributed by atoms with Crippen molar-refractivity contribution in [3.05, 3.63) is 53.2 Å². The predicted octanol–water partition coefficient (Wildman–Crippen LogP) is 4.17. The highest BCUT2D eigenvalue weighted by atomic mass is 32.3. The summed E-state index contributed by atoms with van der Waals surface area (Å²) in [5, 5.41) is 0.0850. The third kappa shape index (κ3) is 5.28. The van der Waals surface area contributed by atoms with Gasteiger partial charge in [0.15, 0.2) is 0 Å². The number of ether oxygens (including phenoxy) is 1. The fraction of sp³-hybridized carbons (Fsp3) is 0.333. The number of carbonyl (C=O) groups is 1. The van der Waals surface area contributed by atoms with E-state index in [0.717, 1.165) is 15.8 Å². The molecule has 0 fully saturated rings. The molecule has 29 heavy (non-hydrogen) atoms. The molecular weight excluding hydrogens is 429 g/mol. The van der Waals surface area contributed by atoms with E-state index >= 15 is 0 Å². The zero-order valence-electron chi connectivity index (χ0n) is 15.9. The number of nitrogens with zero attached hydrogens (tertiary/aromatic N) is 2. The molecule has 0 bridgehead atoms. The minimum Gasteiger partial charge on any atom is -0.465 e. The van der Waals surface area contributed by atoms with E-state index in [1.165, 1.54) is 25.3 Å². The maximum atomic E-state index is 13.0. The summed E-state index contributed by atoms with van der Waals surface area (Å²) >= 11 is 0.691. The Morgan fingerprint density at radius 2 is 1.90 bits per heavy atom. The number of sulfonamides is 1. The van der Waals surface area contributed by atoms with E-state index in [9.17, 15) is 26.4 Å². The quantitative estimate of drug-likeness (QED) is 0.468. The van der Waals surface area contributed by atoms with Gasteiger partial charge in [-0.3, -0.25) is 0 Å². The molecule has 0 atom stereocenters. The lowest BCUT2D eigenvalue weighted by atomic mass is 10.1. The molecule has 0 N–H and O–H groups in total. The third-order valence-electron chi connectivity index (χ3n) is 3.95. The Bertz CT molecular complexity index is 978. The molecule has 11 heteroatoms. The molecule has 158 valence electrons. The molecular formula is C18H19F3N2O4S2. The molecule has 0 aliphatic heterocycles. The van der Waals surface area contributed by atoms with Gasteiger partial charge in [0.05, 0.1) is 23.1 Å². The fourth-order valence-electron chi connectivity index (χ4n) is 2.43. The number of pyridine rings is 1. The molecule has 0 aliphatic rings. The van der Waals surface area contributed by atoms with E-state index in [2.05, 4.69) is 4.98 Å². The van der Waals surface area contributed by atoms with Crippen LogP contribution in [0.5, 0.6) is 0 Å². The van der Waals surface area contributed by atoms with E-state index in [-0.39, 0.29) is 22.0 Å². The lowest BCUT2D eigenvalue weighted by Gasteiger charge is -2.20. The normalized spacial score (nSPS) is 12.2. The number of hydrogen-bond acceptors (Lipinski definition) is 6. The molecule has 0 unspecified atom stereocenters. The molecule has 0 saturated carbocycles. The minimum atomic E-state index is -4.53. The van der Waals surface area contributed by atoms with E-state index in [1.54, 1.807) is 6.92 Å². The summed E-state index contributed by atoms with van der Waals surface area (Å²) < 4.78 is 69.7. The van der Waals surface area contributed by atoms with Crippen LogP contribution in [-0.2, 0) is 27.4 Å². The van der Waals surface area contributed by atoms with Gasteiger partial charge in [-0.25, -0.2) is 18.2 Å². The Morgan fingerprint density at radius 1 is 1.21 bits per heavy atom. The van der Waals surface area contributed by atoms with Crippen LogP contribution in [0.3, 0.4) is 0 Å². The fourth-order valence-corrected chi connectivity index (χ4v) is 4.96. The molecule has 2 aromatic rings. The monoisotopic (exact) mass is 448 g/mol. The van der Waals surface area contributed by atoms with Gasteiger partial charge >= 0.3 is 12.1 Å². The zero-order valence-corrected chi connectivity index (χ0v) is 17.5. The van der Waals surface area contributed by atoms with Crippen molar-refractivity contribution in [2.75, 3.05) is 13.7 Å². The smallest absolute Gasteiger partial charge is 0.417 e. The van der Waals surface area contributed by atoms with E-state index < -0.39 is 27.7 Å². The van der Waals surface area contributed by atoms with Crippen LogP contribution in [-0.4, -0.2) is 36.7 Å². The van der Waals surface area contributed by atoms with Crippen molar-refractivity contribution < 1.29 is 31.1 Å². The van der Waals surface area contributed by atoms with Crippen molar-refractivity contribution in [3.63, 3.8) is 0 Å². The molecule has 1 aromatic heterocycles. The largest absolute Gasteiger partial charge is 0.465 e. The van der Waals surface area contributed by atoms with Gasteiger partial charge in [0.25, 0.3) is 10.0 Å². The minimum absolute atomic E-state index is 0.0266. The second-order valence-corrected chi connectivity index (χ2v) is 8.90. The van der Waals surface area contributed by atoms with Gasteiger partial charge in [-0.15, -0.1) is 3.71 Å². The Hall–Kier alpha value is -2.11. The van der Waals surface area contributed by atoms with E-state index in [4.69, 9.17) is 4.74 Å². The van der Waals surface area contributed by atoms with Crippen molar-refractivity contribution >= 4 is 27.9 Å². The summed E-state index contributed by atoms with van der Waals surface area (Å²) in [4.78, 5) is 15.5. The first-order valence-corrected chi connectivity index (χ1v) is 10.7. The highest BCUT2D eigenvalue weighted by Gasteiger charge is 2.31. The SMILES string of the molecule is CCc1ccc(S(=O)(=O)N(CC)Sc2ccc(C(F)(F)F)cn2)cc1C(=O)OC. The lowest BCUT2D eigenvalue weighted by Crippen LogP contribution is -2.25. The van der Waals surface area contributed by atoms with Crippen LogP contribution in [0.4, 0.5) is 13.2 Å². The van der Waals surface area contributed by atoms with Crippen molar-refractivity contribution in [1.82, 2.24) is 8.69 Å². The van der Waals surface area contributed by atoms with Gasteiger partial charge in [-0.1, -0.05) is 19.9 Å². The maximum absolute atomic E-state index is 13.0. The topological polar surface area (TPSA) is 76.6 Å². The van der Waals surface area contributed by atoms with Crippen LogP contribution >= 0.6 is 11.9 Å². The number of hydrogen-bond donors (Lipinski definition) is 0. The number of aryl methyl sites for hydroxylation is 1. The molecule has 0 radical (unpaired) electrons. The number of halogens is 3. The van der Waals surface area contributed by atoms with Gasteiger partial charge in [0, 0.05) is 12.7 Å². The van der Waals surface area contributed by atoms with E-state index in [1.807, 2.05) is 6.92 Å². The highest BCUT2D eigenvalue weighted by Crippen LogP contribution is 2.32. The Kier molecular flexibility index (Phi) is 7.30. The molecule has 0 spiro atoms. The van der Waals surface area contributed by atoms with Crippen molar-refractivity contribution in [1.29, 1.82) is 0 Å². The summed E-state index contributed by atoms with van der Waals surface area (Å²) in [6.45, 7) is 3.43. The molecule has 1 aromatic carbocycles. The van der Waals surface area contributed by atoms with Crippen LogP contribution in [0.1, 0.15) is 35.3 Å². The standard InChI is InChI=1S/C18H19F3N2O4S2/c1-4-12-6-8-14(10-15(12)17(24)27-3)29(25,26)23(5-2)28-16-9-7-13(11-22-16)18(19,20)21/h6-11H,4-5H2,1-3H3. The molecule has 1 heterocycles. The van der Waals surface area contributed by atoms with Gasteiger partial charge in [0.1, 0.15) is 5.03 Å². The van der Waals surface area contributed by atoms with Gasteiger partial charge in [-0.2, -0.15) is 13.2 Å². The predicted molar refractivity (Wildman–Crippen MR) is 102 cm³/mol. The number of aromatic nitrogens is 1. The Morgan fingerprint density at radius 3 is 2.38 bits per heavy atom. The van der Waals surface area contributed by atoms with Crippen LogP contribution < -0.4 is 0 Å². The average Bonchev–Trinajstić information content (AvgIpc) is 2.70. The number of carbonyl (C=O) groups excluding carboxylic acids is 1. The second kappa shape index (κ2) is 9.14. The number of esters is 1. The van der Waals surface area contributed by atoms with Gasteiger partial charge in [0.2, 0.25) is 0 Å². The Labute approximate surface area is 171 Å². The molecule has 6 nitrogen and oxygen atoms in total. The number of alkyl halides is 3. The van der Waals surface area contributed by atoms with Crippen molar-refractivity contribution in [2.45, 2.75) is 36.4 Å². The second-order valence-electron chi connectivity index (χ2n) is 5.76. The number of rotatable bonds is 7. The summed E-state index contributed by atoms with van der Waals surface area (Å²) in [5.41, 5.74) is -0.147. The van der Waals surface area contributed by atoms with Crippen LogP contribution in [0.2, 0.25) is 0 Å². The first-order chi connectivity index (χ1) is 13.5. The summed E-state index contributed by atoms with van der Waals surface area (Å²) in [7, 11) is -2.85. The van der Waals surface area contributed by atoms with Crippen LogP contribution in [0.15, 0.2) is 46.5 Å². The van der Waals surface area contributed by atoms with E-state index in [0.29, 0.717) is 30.1 Å². The summed E-state index contributed by atoms with van der Waals surface area (Å²) in [6.07, 6.45) is -3.38. The average molecular weight is 448 g/mol. The maximum Gasteiger partial charge on any atom is 0.417 e. The molecule has 0 amide bonds. The summed E-state index contributed by atoms with van der Waals surface area (Å²) in [5.74, 6) is -0.654. The Balaban J connectivity index is 2.36. The molecule has 2 rings (SSSR count). The number of benzene rings is 1. The van der Waals surface area contributed by atoms with Crippen LogP contribution in [0.25, 0.3) is 0 Å². The molecule has 0 saturated heterocycles. The first kappa shape index (κ1) is 23.2. The number of methoxy groups -OCH3 is 1. The van der Waals surface area contributed by atoms with Crippen molar-refractivity contribution in [2.24, 2.45) is 0 Å². The molecule has 0 aliphatic carbocycles. The zero-order chi connectivity index (χ0) is 21.8. The highest BCUT2D eigenvalue weighted by molar-refractivity contribution is 8.08. The van der Waals surface area contributed by atoms with Crippen LogP contribution in [0, 0.1) is 0 Å². The van der Waals surface area contributed by atoms with Crippen molar-refractivity contribution in [3.8, 4) is 0 Å². The summed E-state index contributed by atoms with van der Waals surface area (Å²) in [6, 6.07) is 6.09. The van der Waals surface area contributed by atoms with Gasteiger partial charge < -0.3 is 4.74 Å². The lowest BCUT2D eigenvalue weighted by molar-refractivity contribution is -0.137. The van der Waals surface area contributed by atoms with Gasteiger partial charge in [-0.05, 0) is 48.2 Å². The first-order valence-electron chi connectivity index (χ1n) is 8.49.